The average molecular weight is 364 g/mol. The van der Waals surface area contributed by atoms with Crippen LogP contribution in [-0.4, -0.2) is 85.6 Å². The van der Waals surface area contributed by atoms with Gasteiger partial charge in [-0.2, -0.15) is 0 Å². The molecule has 2 atom stereocenters. The van der Waals surface area contributed by atoms with Crippen LogP contribution in [-0.2, 0) is 0 Å². The van der Waals surface area contributed by atoms with E-state index < -0.39 is 0 Å². The van der Waals surface area contributed by atoms with Gasteiger partial charge in [-0.1, -0.05) is 13.8 Å². The van der Waals surface area contributed by atoms with Crippen LogP contribution in [0.4, 0.5) is 0 Å². The van der Waals surface area contributed by atoms with Crippen molar-refractivity contribution >= 4 is 5.96 Å². The van der Waals surface area contributed by atoms with Crippen LogP contribution >= 0.6 is 0 Å². The highest BCUT2D eigenvalue weighted by molar-refractivity contribution is 5.80. The Morgan fingerprint density at radius 2 is 1.85 bits per heavy atom. The number of nitrogens with zero attached hydrogens (tertiary/aromatic N) is 4. The van der Waals surface area contributed by atoms with Gasteiger partial charge in [0.15, 0.2) is 5.96 Å². The minimum absolute atomic E-state index is 0.730. The third-order valence-electron chi connectivity index (χ3n) is 6.18. The van der Waals surface area contributed by atoms with E-state index in [9.17, 15) is 0 Å². The van der Waals surface area contributed by atoms with Crippen molar-refractivity contribution in [1.82, 2.24) is 20.0 Å². The van der Waals surface area contributed by atoms with E-state index in [2.05, 4.69) is 40.8 Å². The molecular weight excluding hydrogens is 322 g/mol. The van der Waals surface area contributed by atoms with Gasteiger partial charge < -0.3 is 15.1 Å². The van der Waals surface area contributed by atoms with Crippen molar-refractivity contribution in [2.75, 3.05) is 58.9 Å². The molecule has 3 heterocycles. The first kappa shape index (κ1) is 19.9. The molecule has 3 saturated heterocycles. The Morgan fingerprint density at radius 1 is 1.04 bits per heavy atom. The lowest BCUT2D eigenvalue weighted by molar-refractivity contribution is 0.162. The number of hydrogen-bond donors (Lipinski definition) is 1. The molecule has 5 nitrogen and oxygen atoms in total. The minimum Gasteiger partial charge on any atom is -0.357 e. The average Bonchev–Trinajstić information content (AvgIpc) is 3.29. The first-order chi connectivity index (χ1) is 12.7. The van der Waals surface area contributed by atoms with Gasteiger partial charge in [0.05, 0.1) is 0 Å². The standard InChI is InChI=1S/C21H41N5/c1-4-22-21(26-13-9-20(17-26)25-11-5-6-12-25)23-14-19-8-7-10-24(16-19)15-18(2)3/h18-20H,4-17H2,1-3H3,(H,22,23). The fraction of sp³-hybridized carbons (Fsp3) is 0.952. The Kier molecular flexibility index (Phi) is 7.62. The number of hydrogen-bond acceptors (Lipinski definition) is 3. The summed E-state index contributed by atoms with van der Waals surface area (Å²) in [5.41, 5.74) is 0. The largest absolute Gasteiger partial charge is 0.357 e. The van der Waals surface area contributed by atoms with E-state index in [4.69, 9.17) is 4.99 Å². The van der Waals surface area contributed by atoms with Crippen LogP contribution < -0.4 is 5.32 Å². The second-order valence-corrected chi connectivity index (χ2v) is 8.99. The fourth-order valence-corrected chi connectivity index (χ4v) is 4.96. The lowest BCUT2D eigenvalue weighted by Crippen LogP contribution is -2.43. The molecule has 0 aromatic carbocycles. The van der Waals surface area contributed by atoms with Gasteiger partial charge in [0.25, 0.3) is 0 Å². The topological polar surface area (TPSA) is 34.1 Å². The zero-order valence-corrected chi connectivity index (χ0v) is 17.4. The third kappa shape index (κ3) is 5.59. The van der Waals surface area contributed by atoms with Crippen LogP contribution in [0.1, 0.15) is 52.9 Å². The summed E-state index contributed by atoms with van der Waals surface area (Å²) >= 11 is 0. The van der Waals surface area contributed by atoms with Crippen LogP contribution in [0.2, 0.25) is 0 Å². The predicted molar refractivity (Wildman–Crippen MR) is 111 cm³/mol. The Morgan fingerprint density at radius 3 is 2.58 bits per heavy atom. The molecule has 3 fully saturated rings. The Hall–Kier alpha value is -0.810. The predicted octanol–water partition coefficient (Wildman–Crippen LogP) is 2.49. The van der Waals surface area contributed by atoms with Gasteiger partial charge in [-0.3, -0.25) is 9.89 Å². The smallest absolute Gasteiger partial charge is 0.193 e. The van der Waals surface area contributed by atoms with Crippen LogP contribution in [0.25, 0.3) is 0 Å². The van der Waals surface area contributed by atoms with Gasteiger partial charge in [-0.25, -0.2) is 0 Å². The summed E-state index contributed by atoms with van der Waals surface area (Å²) in [4.78, 5) is 13.0. The van der Waals surface area contributed by atoms with Crippen molar-refractivity contribution in [3.8, 4) is 0 Å². The highest BCUT2D eigenvalue weighted by atomic mass is 15.3. The molecule has 0 bridgehead atoms. The number of nitrogens with one attached hydrogen (secondary N) is 1. The van der Waals surface area contributed by atoms with Crippen molar-refractivity contribution in [3.63, 3.8) is 0 Å². The first-order valence-corrected chi connectivity index (χ1v) is 11.2. The molecular formula is C21H41N5. The molecule has 26 heavy (non-hydrogen) atoms. The number of aliphatic imine (C=N–C) groups is 1. The second-order valence-electron chi connectivity index (χ2n) is 8.99. The van der Waals surface area contributed by atoms with Gasteiger partial charge in [0.1, 0.15) is 0 Å². The summed E-state index contributed by atoms with van der Waals surface area (Å²) in [5.74, 6) is 2.66. The molecule has 0 aromatic rings. The van der Waals surface area contributed by atoms with Crippen molar-refractivity contribution < 1.29 is 0 Å². The van der Waals surface area contributed by atoms with E-state index in [-0.39, 0.29) is 0 Å². The molecule has 0 radical (unpaired) electrons. The Labute approximate surface area is 161 Å². The molecule has 0 spiro atoms. The molecule has 0 aliphatic carbocycles. The van der Waals surface area contributed by atoms with Gasteiger partial charge in [0, 0.05) is 45.3 Å². The highest BCUT2D eigenvalue weighted by Gasteiger charge is 2.31. The zero-order chi connectivity index (χ0) is 18.4. The monoisotopic (exact) mass is 363 g/mol. The lowest BCUT2D eigenvalue weighted by atomic mass is 9.97. The first-order valence-electron chi connectivity index (χ1n) is 11.2. The summed E-state index contributed by atoms with van der Waals surface area (Å²) in [6.45, 7) is 17.5. The molecule has 5 heteroatoms. The van der Waals surface area contributed by atoms with Crippen LogP contribution in [0.3, 0.4) is 0 Å². The lowest BCUT2D eigenvalue weighted by Gasteiger charge is -2.33. The van der Waals surface area contributed by atoms with Crippen LogP contribution in [0.15, 0.2) is 4.99 Å². The fourth-order valence-electron chi connectivity index (χ4n) is 4.96. The van der Waals surface area contributed by atoms with Gasteiger partial charge >= 0.3 is 0 Å². The maximum atomic E-state index is 5.08. The molecule has 2 unspecified atom stereocenters. The number of likely N-dealkylation sites (tertiary alicyclic amines) is 3. The molecule has 3 aliphatic rings. The molecule has 3 rings (SSSR count). The van der Waals surface area contributed by atoms with E-state index in [0.717, 1.165) is 50.0 Å². The Balaban J connectivity index is 1.52. The van der Waals surface area contributed by atoms with E-state index in [1.807, 2.05) is 0 Å². The maximum absolute atomic E-state index is 5.08. The normalized spacial score (nSPS) is 29.1. The maximum Gasteiger partial charge on any atom is 0.193 e. The summed E-state index contributed by atoms with van der Waals surface area (Å²) in [6, 6.07) is 0.748. The van der Waals surface area contributed by atoms with Gasteiger partial charge in [0.2, 0.25) is 0 Å². The Bertz CT molecular complexity index is 444. The van der Waals surface area contributed by atoms with Crippen molar-refractivity contribution in [2.45, 2.75) is 58.9 Å². The number of rotatable bonds is 6. The molecule has 3 aliphatic heterocycles. The molecule has 0 aromatic heterocycles. The zero-order valence-electron chi connectivity index (χ0n) is 17.4. The van der Waals surface area contributed by atoms with Crippen molar-refractivity contribution in [1.29, 1.82) is 0 Å². The summed E-state index contributed by atoms with van der Waals surface area (Å²) in [5, 5.41) is 3.56. The van der Waals surface area contributed by atoms with Crippen LogP contribution in [0, 0.1) is 11.8 Å². The van der Waals surface area contributed by atoms with Gasteiger partial charge in [-0.15, -0.1) is 0 Å². The summed E-state index contributed by atoms with van der Waals surface area (Å²) in [6.07, 6.45) is 6.76. The van der Waals surface area contributed by atoms with E-state index in [0.29, 0.717) is 0 Å². The highest BCUT2D eigenvalue weighted by Crippen LogP contribution is 2.21. The second kappa shape index (κ2) is 9.93. The van der Waals surface area contributed by atoms with E-state index in [1.165, 1.54) is 64.8 Å². The molecule has 1 N–H and O–H groups in total. The number of guanidine groups is 1. The van der Waals surface area contributed by atoms with Crippen molar-refractivity contribution in [2.24, 2.45) is 16.8 Å². The van der Waals surface area contributed by atoms with E-state index in [1.54, 1.807) is 0 Å². The number of piperidine rings is 1. The quantitative estimate of drug-likeness (QED) is 0.581. The van der Waals surface area contributed by atoms with Crippen molar-refractivity contribution in [3.05, 3.63) is 0 Å². The van der Waals surface area contributed by atoms with Gasteiger partial charge in [-0.05, 0) is 70.5 Å². The van der Waals surface area contributed by atoms with Crippen LogP contribution in [0.5, 0.6) is 0 Å². The third-order valence-corrected chi connectivity index (χ3v) is 6.18. The SMILES string of the molecule is CCNC(=NCC1CCCN(CC(C)C)C1)N1CCC(N2CCCC2)C1. The minimum atomic E-state index is 0.730. The summed E-state index contributed by atoms with van der Waals surface area (Å²) in [7, 11) is 0. The molecule has 0 amide bonds. The molecule has 0 saturated carbocycles. The van der Waals surface area contributed by atoms with E-state index >= 15 is 0 Å². The molecule has 150 valence electrons. The summed E-state index contributed by atoms with van der Waals surface area (Å²) < 4.78 is 0.